The van der Waals surface area contributed by atoms with Crippen LogP contribution in [0.3, 0.4) is 0 Å². The normalized spacial score (nSPS) is 20.8. The van der Waals surface area contributed by atoms with Crippen LogP contribution in [0, 0.1) is 11.3 Å². The van der Waals surface area contributed by atoms with Crippen LogP contribution in [-0.2, 0) is 22.4 Å². The molecular weight excluding hydrogens is 474 g/mol. The number of hydrogen-bond donors (Lipinski definition) is 1. The van der Waals surface area contributed by atoms with Crippen LogP contribution < -0.4 is 0 Å². The van der Waals surface area contributed by atoms with Crippen molar-refractivity contribution in [3.8, 4) is 6.07 Å². The number of carbonyl (C=O) groups is 1. The highest BCUT2D eigenvalue weighted by molar-refractivity contribution is 5.84. The van der Waals surface area contributed by atoms with Gasteiger partial charge in [0.05, 0.1) is 30.2 Å². The van der Waals surface area contributed by atoms with E-state index >= 15 is 0 Å². The molecule has 1 saturated heterocycles. The Bertz CT molecular complexity index is 1240. The Labute approximate surface area is 225 Å². The fourth-order valence-electron chi connectivity index (χ4n) is 6.12. The number of amides is 1. The van der Waals surface area contributed by atoms with Crippen LogP contribution in [0.4, 0.5) is 0 Å². The molecule has 2 fully saturated rings. The van der Waals surface area contributed by atoms with E-state index in [1.54, 1.807) is 7.11 Å². The average Bonchev–Trinajstić information content (AvgIpc) is 3.36. The number of aromatic amines is 1. The molecular formula is C31H39N5O2. The molecule has 2 unspecified atom stereocenters. The first kappa shape index (κ1) is 26.4. The minimum absolute atomic E-state index is 0.197. The molecule has 2 atom stereocenters. The molecule has 1 amide bonds. The number of carbonyl (C=O) groups excluding carboxylic acids is 1. The van der Waals surface area contributed by atoms with Gasteiger partial charge in [-0.25, -0.2) is 5.01 Å². The molecule has 0 bridgehead atoms. The van der Waals surface area contributed by atoms with Crippen LogP contribution in [0.25, 0.3) is 10.9 Å². The molecule has 2 aliphatic rings. The van der Waals surface area contributed by atoms with Crippen molar-refractivity contribution in [1.82, 2.24) is 19.9 Å². The van der Waals surface area contributed by atoms with Gasteiger partial charge in [-0.05, 0) is 74.4 Å². The first-order chi connectivity index (χ1) is 18.6. The van der Waals surface area contributed by atoms with E-state index in [1.807, 2.05) is 48.5 Å². The summed E-state index contributed by atoms with van der Waals surface area (Å²) >= 11 is 0. The Morgan fingerprint density at radius 3 is 2.71 bits per heavy atom. The molecule has 200 valence electrons. The number of piperazine rings is 1. The molecule has 1 saturated carbocycles. The van der Waals surface area contributed by atoms with Gasteiger partial charge in [0.1, 0.15) is 0 Å². The number of H-pyrrole nitrogens is 1. The second kappa shape index (κ2) is 12.6. The number of nitrogens with zero attached hydrogens (tertiary/aromatic N) is 4. The summed E-state index contributed by atoms with van der Waals surface area (Å²) in [6, 6.07) is 18.4. The molecule has 0 spiro atoms. The molecule has 1 aliphatic carbocycles. The summed E-state index contributed by atoms with van der Waals surface area (Å²) < 4.78 is 5.71. The molecule has 0 radical (unpaired) electrons. The third kappa shape index (κ3) is 6.27. The smallest absolute Gasteiger partial charge is 0.241 e. The number of aryl methyl sites for hydroxylation is 1. The number of rotatable bonds is 9. The lowest BCUT2D eigenvalue weighted by Gasteiger charge is -2.46. The molecule has 38 heavy (non-hydrogen) atoms. The number of nitrogens with one attached hydrogen (secondary N) is 1. The first-order valence-corrected chi connectivity index (χ1v) is 14.0. The fourth-order valence-corrected chi connectivity index (χ4v) is 6.12. The van der Waals surface area contributed by atoms with Gasteiger partial charge in [0.25, 0.3) is 0 Å². The van der Waals surface area contributed by atoms with E-state index in [0.717, 1.165) is 87.7 Å². The minimum Gasteiger partial charge on any atom is -0.381 e. The summed E-state index contributed by atoms with van der Waals surface area (Å²) in [6.45, 7) is 4.69. The summed E-state index contributed by atoms with van der Waals surface area (Å²) in [5.74, 6) is 0.197. The average molecular weight is 514 g/mol. The zero-order valence-corrected chi connectivity index (χ0v) is 22.4. The second-order valence-electron chi connectivity index (χ2n) is 10.7. The summed E-state index contributed by atoms with van der Waals surface area (Å²) in [7, 11) is 1.79. The Balaban J connectivity index is 1.18. The molecule has 1 aromatic heterocycles. The van der Waals surface area contributed by atoms with Gasteiger partial charge >= 0.3 is 0 Å². The van der Waals surface area contributed by atoms with Crippen molar-refractivity contribution in [2.24, 2.45) is 0 Å². The third-order valence-corrected chi connectivity index (χ3v) is 8.20. The van der Waals surface area contributed by atoms with E-state index in [-0.39, 0.29) is 18.1 Å². The molecule has 2 aromatic carbocycles. The van der Waals surface area contributed by atoms with E-state index in [1.165, 1.54) is 5.56 Å². The number of benzene rings is 2. The van der Waals surface area contributed by atoms with E-state index < -0.39 is 0 Å². The van der Waals surface area contributed by atoms with Crippen LogP contribution in [0.2, 0.25) is 0 Å². The topological polar surface area (TPSA) is 75.6 Å². The van der Waals surface area contributed by atoms with Crippen molar-refractivity contribution >= 4 is 16.8 Å². The highest BCUT2D eigenvalue weighted by Crippen LogP contribution is 2.28. The van der Waals surface area contributed by atoms with Gasteiger partial charge in [-0.15, -0.1) is 0 Å². The predicted octanol–water partition coefficient (Wildman–Crippen LogP) is 4.53. The Morgan fingerprint density at radius 1 is 1.13 bits per heavy atom. The lowest BCUT2D eigenvalue weighted by Crippen LogP contribution is -2.60. The zero-order chi connectivity index (χ0) is 26.3. The van der Waals surface area contributed by atoms with Crippen molar-refractivity contribution in [2.75, 3.05) is 39.8 Å². The molecule has 2 heterocycles. The summed E-state index contributed by atoms with van der Waals surface area (Å²) in [5.41, 5.74) is 4.14. The largest absolute Gasteiger partial charge is 0.381 e. The summed E-state index contributed by atoms with van der Waals surface area (Å²) in [4.78, 5) is 19.5. The number of aromatic nitrogens is 1. The molecule has 7 nitrogen and oxygen atoms in total. The molecule has 3 aromatic rings. The lowest BCUT2D eigenvalue weighted by atomic mass is 9.92. The van der Waals surface area contributed by atoms with E-state index in [0.29, 0.717) is 12.0 Å². The SMILES string of the molecule is COC1CCCC(N(C(=O)Cc2ccccc2)N2CCN(CCCc3c[nH]c4ccc(C#N)cc34)CC2)C1. The Kier molecular flexibility index (Phi) is 8.75. The van der Waals surface area contributed by atoms with Gasteiger partial charge in [0, 0.05) is 50.4 Å². The highest BCUT2D eigenvalue weighted by atomic mass is 16.5. The maximum atomic E-state index is 13.7. The second-order valence-corrected chi connectivity index (χ2v) is 10.7. The number of hydrogen-bond acceptors (Lipinski definition) is 5. The lowest BCUT2D eigenvalue weighted by molar-refractivity contribution is -0.163. The molecule has 1 aliphatic heterocycles. The molecule has 7 heteroatoms. The number of hydrazine groups is 1. The maximum absolute atomic E-state index is 13.7. The van der Waals surface area contributed by atoms with Crippen molar-refractivity contribution in [3.05, 3.63) is 71.4 Å². The van der Waals surface area contributed by atoms with Crippen LogP contribution >= 0.6 is 0 Å². The standard InChI is InChI=1S/C31H39N5O2/c1-38-28-11-5-10-27(21-28)36(31(37)20-24-7-3-2-4-8-24)35-17-15-34(16-18-35)14-6-9-26-23-33-30-13-12-25(22-32)19-29(26)30/h2-4,7-8,12-13,19,23,27-28,33H,5-6,9-11,14-18,20-21H2,1H3. The van der Waals surface area contributed by atoms with Crippen molar-refractivity contribution in [2.45, 2.75) is 57.1 Å². The summed E-state index contributed by atoms with van der Waals surface area (Å²) in [6.07, 6.45) is 8.93. The maximum Gasteiger partial charge on any atom is 0.241 e. The third-order valence-electron chi connectivity index (χ3n) is 8.20. The number of methoxy groups -OCH3 is 1. The number of nitriles is 1. The van der Waals surface area contributed by atoms with Crippen LogP contribution in [0.5, 0.6) is 0 Å². The van der Waals surface area contributed by atoms with E-state index in [9.17, 15) is 10.1 Å². The minimum atomic E-state index is 0.197. The van der Waals surface area contributed by atoms with Gasteiger partial charge in [0.15, 0.2) is 0 Å². The number of fused-ring (bicyclic) bond motifs is 1. The summed E-state index contributed by atoms with van der Waals surface area (Å²) in [5, 5.41) is 14.8. The predicted molar refractivity (Wildman–Crippen MR) is 149 cm³/mol. The van der Waals surface area contributed by atoms with Gasteiger partial charge in [-0.2, -0.15) is 5.26 Å². The van der Waals surface area contributed by atoms with Crippen molar-refractivity contribution in [1.29, 1.82) is 5.26 Å². The Morgan fingerprint density at radius 2 is 1.95 bits per heavy atom. The quantitative estimate of drug-likeness (QED) is 0.455. The van der Waals surface area contributed by atoms with E-state index in [2.05, 4.69) is 32.2 Å². The van der Waals surface area contributed by atoms with E-state index in [4.69, 9.17) is 4.74 Å². The zero-order valence-electron chi connectivity index (χ0n) is 22.4. The van der Waals surface area contributed by atoms with Gasteiger partial charge < -0.3 is 14.6 Å². The van der Waals surface area contributed by atoms with Gasteiger partial charge in [0.2, 0.25) is 5.91 Å². The monoisotopic (exact) mass is 513 g/mol. The number of ether oxygens (including phenoxy) is 1. The van der Waals surface area contributed by atoms with Gasteiger partial charge in [-0.1, -0.05) is 30.3 Å². The molecule has 5 rings (SSSR count). The van der Waals surface area contributed by atoms with Crippen LogP contribution in [0.15, 0.2) is 54.7 Å². The van der Waals surface area contributed by atoms with Crippen molar-refractivity contribution < 1.29 is 9.53 Å². The molecule has 1 N–H and O–H groups in total. The highest BCUT2D eigenvalue weighted by Gasteiger charge is 2.34. The van der Waals surface area contributed by atoms with Crippen molar-refractivity contribution in [3.63, 3.8) is 0 Å². The van der Waals surface area contributed by atoms with Crippen LogP contribution in [0.1, 0.15) is 48.8 Å². The fraction of sp³-hybridized carbons (Fsp3) is 0.484. The van der Waals surface area contributed by atoms with Crippen LogP contribution in [-0.4, -0.2) is 77.8 Å². The Hall–Kier alpha value is -3.18. The van der Waals surface area contributed by atoms with Gasteiger partial charge in [-0.3, -0.25) is 9.80 Å². The first-order valence-electron chi connectivity index (χ1n) is 14.0.